The van der Waals surface area contributed by atoms with Gasteiger partial charge in [0.05, 0.1) is 21.7 Å². The highest BCUT2D eigenvalue weighted by Gasteiger charge is 2.67. The lowest BCUT2D eigenvalue weighted by atomic mass is 9.33. The third-order valence-corrected chi connectivity index (χ3v) is 23.7. The number of halogens is 3. The number of hydrogen-bond acceptors (Lipinski definition) is 16. The number of carbonyl (C=O) groups excluding carboxylic acids is 6. The van der Waals surface area contributed by atoms with Crippen molar-refractivity contribution in [2.75, 3.05) is 93.3 Å². The number of allylic oxidation sites excluding steroid dienone is 1. The summed E-state index contributed by atoms with van der Waals surface area (Å²) < 4.78 is 99.8. The lowest BCUT2D eigenvalue weighted by Crippen LogP contribution is -2.61. The third kappa shape index (κ3) is 14.8. The van der Waals surface area contributed by atoms with Gasteiger partial charge in [-0.05, 0) is 153 Å². The topological polar surface area (TPSA) is 235 Å². The average molecular weight is 1330 g/mol. The fourth-order valence-corrected chi connectivity index (χ4v) is 17.8. The van der Waals surface area contributed by atoms with E-state index < -0.39 is 82.5 Å². The van der Waals surface area contributed by atoms with Crippen LogP contribution in [-0.2, 0) is 34.2 Å². The van der Waals surface area contributed by atoms with Gasteiger partial charge < -0.3 is 20.4 Å². The van der Waals surface area contributed by atoms with Gasteiger partial charge in [0.15, 0.2) is 0 Å². The average Bonchev–Trinajstić information content (AvgIpc) is 0.790. The summed E-state index contributed by atoms with van der Waals surface area (Å²) in [7, 11) is -11.1. The van der Waals surface area contributed by atoms with Crippen LogP contribution in [0.4, 0.5) is 30.2 Å². The second-order valence-electron chi connectivity index (χ2n) is 27.2. The molecule has 92 heavy (non-hydrogen) atoms. The lowest BCUT2D eigenvalue weighted by Gasteiger charge is -2.72. The van der Waals surface area contributed by atoms with Crippen molar-refractivity contribution in [1.29, 1.82) is 0 Å². The van der Waals surface area contributed by atoms with Crippen molar-refractivity contribution >= 4 is 84.1 Å². The Balaban J connectivity index is 0.649. The first-order valence-electron chi connectivity index (χ1n) is 32.0. The molecular formula is C67H82F3N9O10S3. The molecule has 0 radical (unpaired) electrons. The summed E-state index contributed by atoms with van der Waals surface area (Å²) >= 11 is 1.41. The number of sulfonamides is 1. The van der Waals surface area contributed by atoms with Gasteiger partial charge >= 0.3 is 5.51 Å². The van der Waals surface area contributed by atoms with E-state index in [1.807, 2.05) is 40.0 Å². The maximum absolute atomic E-state index is 14.5. The van der Waals surface area contributed by atoms with Gasteiger partial charge in [-0.3, -0.25) is 48.8 Å². The molecule has 3 saturated heterocycles. The molecule has 4 aromatic rings. The van der Waals surface area contributed by atoms with Crippen LogP contribution >= 0.6 is 11.8 Å². The summed E-state index contributed by atoms with van der Waals surface area (Å²) in [5.41, 5.74) is 0.279. The third-order valence-electron chi connectivity index (χ3n) is 19.6. The summed E-state index contributed by atoms with van der Waals surface area (Å²) in [5, 5.41) is 8.49. The van der Waals surface area contributed by atoms with E-state index in [-0.39, 0.29) is 41.2 Å². The minimum atomic E-state index is -6.15. The van der Waals surface area contributed by atoms with Crippen molar-refractivity contribution in [2.24, 2.45) is 16.2 Å². The van der Waals surface area contributed by atoms with Crippen LogP contribution in [0.15, 0.2) is 117 Å². The van der Waals surface area contributed by atoms with Gasteiger partial charge in [0.25, 0.3) is 37.6 Å². The maximum atomic E-state index is 14.5. The number of sulfone groups is 1. The van der Waals surface area contributed by atoms with Crippen LogP contribution in [0.2, 0.25) is 0 Å². The summed E-state index contributed by atoms with van der Waals surface area (Å²) in [5.74, 6) is -2.99. The van der Waals surface area contributed by atoms with Crippen molar-refractivity contribution in [3.8, 4) is 0 Å². The molecule has 8 aliphatic rings. The monoisotopic (exact) mass is 1330 g/mol. The molecule has 4 N–H and O–H groups in total. The molecule has 4 heterocycles. The zero-order chi connectivity index (χ0) is 65.4. The van der Waals surface area contributed by atoms with E-state index in [0.29, 0.717) is 86.5 Å². The number of carbonyl (C=O) groups is 6. The Morgan fingerprint density at radius 2 is 1.45 bits per heavy atom. The van der Waals surface area contributed by atoms with Gasteiger partial charge in [-0.1, -0.05) is 63.0 Å². The lowest BCUT2D eigenvalue weighted by molar-refractivity contribution is -0.167. The summed E-state index contributed by atoms with van der Waals surface area (Å²) in [6, 6.07) is 21.3. The number of nitrogens with one attached hydrogen (secondary N) is 4. The van der Waals surface area contributed by atoms with Gasteiger partial charge in [0, 0.05) is 118 Å². The molecule has 1 unspecified atom stereocenters. The van der Waals surface area contributed by atoms with Crippen molar-refractivity contribution in [3.05, 3.63) is 119 Å². The minimum Gasteiger partial charge on any atom is -0.385 e. The van der Waals surface area contributed by atoms with Gasteiger partial charge in [-0.25, -0.2) is 21.6 Å². The number of rotatable bonds is 25. The number of amides is 6. The van der Waals surface area contributed by atoms with E-state index in [0.717, 1.165) is 86.0 Å². The molecular weight excluding hydrogens is 1240 g/mol. The highest BCUT2D eigenvalue weighted by molar-refractivity contribution is 7.99. The Bertz CT molecular complexity index is 3740. The Hall–Kier alpha value is -6.80. The van der Waals surface area contributed by atoms with Gasteiger partial charge in [-0.2, -0.15) is 13.2 Å². The second kappa shape index (κ2) is 26.9. The van der Waals surface area contributed by atoms with E-state index in [2.05, 4.69) is 51.4 Å². The summed E-state index contributed by atoms with van der Waals surface area (Å²) in [6.07, 6.45) is 11.4. The first-order valence-corrected chi connectivity index (χ1v) is 36.0. The first-order chi connectivity index (χ1) is 43.7. The standard InChI is InChI=1S/C67H82F3N9O10S3/c1-64(2)26-24-46(54(39-64)66-42-65(3,43-66)44-66)40-76-31-33-77(34-32-76)49-17-14-45(15-18-49)60(82)74-92(88,89)51-19-21-55(57(38-51)91(86,87)67(68,69)70)72-48(41-90-50-11-7-6-8-12-50)25-28-75-29-35-78(36-30-75)59(81)13-9-4-5-10-27-71-47-16-20-52-53(37-47)63(85)79(62(52)84)56-22-23-58(80)73-61(56)83/h6-8,11-12,14-21,37-38,48,56,71-72H,4-5,9-10,13,22-36,39-44H2,1-3H3,(H,74,82)(H,73,80,83)/t48-,56?,65?,66?/m1/s1. The maximum Gasteiger partial charge on any atom is 0.501 e. The Kier molecular flexibility index (Phi) is 19.5. The number of nitrogens with zero attached hydrogens (tertiary/aromatic N) is 5. The molecule has 494 valence electrons. The summed E-state index contributed by atoms with van der Waals surface area (Å²) in [4.78, 5) is 85.5. The Morgan fingerprint density at radius 3 is 2.13 bits per heavy atom. The smallest absolute Gasteiger partial charge is 0.385 e. The van der Waals surface area contributed by atoms with Gasteiger partial charge in [0.1, 0.15) is 10.9 Å². The molecule has 19 nitrogen and oxygen atoms in total. The van der Waals surface area contributed by atoms with Crippen LogP contribution < -0.4 is 25.6 Å². The van der Waals surface area contributed by atoms with E-state index in [1.165, 1.54) is 56.0 Å². The van der Waals surface area contributed by atoms with E-state index in [1.54, 1.807) is 41.5 Å². The quantitative estimate of drug-likeness (QED) is 0.0209. The predicted octanol–water partition coefficient (Wildman–Crippen LogP) is 9.49. The minimum absolute atomic E-state index is 0.0118. The molecule has 0 spiro atoms. The summed E-state index contributed by atoms with van der Waals surface area (Å²) in [6.45, 7) is 14.5. The molecule has 6 amide bonds. The highest BCUT2D eigenvalue weighted by atomic mass is 32.2. The zero-order valence-electron chi connectivity index (χ0n) is 52.4. The van der Waals surface area contributed by atoms with Gasteiger partial charge in [0.2, 0.25) is 17.7 Å². The van der Waals surface area contributed by atoms with Crippen LogP contribution in [0, 0.1) is 16.2 Å². The number of unbranched alkanes of at least 4 members (excludes halogenated alkanes) is 3. The number of thioether (sulfide) groups is 1. The number of alkyl halides is 3. The zero-order valence-corrected chi connectivity index (χ0v) is 54.8. The van der Waals surface area contributed by atoms with Crippen LogP contribution in [0.1, 0.15) is 142 Å². The molecule has 2 bridgehead atoms. The predicted molar refractivity (Wildman–Crippen MR) is 345 cm³/mol. The fraction of sp³-hybridized carbons (Fsp3) is 0.522. The van der Waals surface area contributed by atoms with E-state index in [4.69, 9.17) is 0 Å². The van der Waals surface area contributed by atoms with Gasteiger partial charge in [-0.15, -0.1) is 11.8 Å². The molecule has 3 saturated carbocycles. The number of imide groups is 2. The first kappa shape index (κ1) is 66.6. The number of anilines is 3. The largest absolute Gasteiger partial charge is 0.501 e. The van der Waals surface area contributed by atoms with Crippen LogP contribution in [-0.4, -0.2) is 167 Å². The van der Waals surface area contributed by atoms with Crippen molar-refractivity contribution in [2.45, 2.75) is 143 Å². The van der Waals surface area contributed by atoms with Crippen molar-refractivity contribution in [3.63, 3.8) is 0 Å². The number of benzene rings is 4. The van der Waals surface area contributed by atoms with Crippen molar-refractivity contribution in [1.82, 2.24) is 29.6 Å². The molecule has 4 aliphatic carbocycles. The molecule has 6 fully saturated rings. The van der Waals surface area contributed by atoms with Crippen LogP contribution in [0.3, 0.4) is 0 Å². The number of piperazine rings is 2. The SMILES string of the molecule is CC1(C)CCC(CN2CCN(c3ccc(C(=O)NS(=O)(=O)c4ccc(N[C@H](CCN5CCN(C(=O)CCCCCCNc6ccc7c(c6)C(=O)N(C6CCC(=O)NC6=O)C7=O)CC5)CSc5ccccc5)c(S(=O)(=O)C(F)(F)F)c4)cc3)CC2)=C(C23CC(C)(C2)C3)C1. The number of fused-ring (bicyclic) bond motifs is 1. The van der Waals surface area contributed by atoms with E-state index >= 15 is 0 Å². The number of piperidine rings is 1. The molecule has 12 rings (SSSR count). The van der Waals surface area contributed by atoms with Crippen molar-refractivity contribution < 1.29 is 58.8 Å². The van der Waals surface area contributed by atoms with E-state index in [9.17, 15) is 58.8 Å². The molecule has 25 heteroatoms. The normalized spacial score (nSPS) is 23.2. The highest BCUT2D eigenvalue weighted by Crippen LogP contribution is 2.77. The molecule has 2 atom stereocenters. The molecule has 0 aromatic heterocycles. The molecule has 4 aliphatic heterocycles. The number of hydrogen-bond donors (Lipinski definition) is 4. The Labute approximate surface area is 541 Å². The van der Waals surface area contributed by atoms with Crippen LogP contribution in [0.25, 0.3) is 0 Å². The fourth-order valence-electron chi connectivity index (χ4n) is 14.7. The van der Waals surface area contributed by atoms with Crippen LogP contribution in [0.5, 0.6) is 0 Å². The second-order valence-corrected chi connectivity index (χ2v) is 31.9. The Morgan fingerprint density at radius 1 is 0.761 bits per heavy atom. The molecule has 4 aromatic carbocycles.